The molecule has 0 aliphatic rings. The topological polar surface area (TPSA) is 97.9 Å². The zero-order valence-electron chi connectivity index (χ0n) is 13.5. The summed E-state index contributed by atoms with van der Waals surface area (Å²) in [6.45, 7) is -1.27. The molecule has 0 unspecified atom stereocenters. The molecule has 3 N–H and O–H groups in total. The standard InChI is InChI=1S/C14H18F3N3O5/c1-8(24-6-5-23-2)12(21)19-20-14(22)18-10-4-3-9(15)7-11(10)25-13(16)17/h3-4,7-8,13H,5-6H2,1-2H3,(H,19,21)(H2,18,20,22)/t8-/m1/s1. The van der Waals surface area contributed by atoms with Crippen molar-refractivity contribution in [2.45, 2.75) is 19.6 Å². The second kappa shape index (κ2) is 10.4. The second-order valence-electron chi connectivity index (χ2n) is 4.59. The van der Waals surface area contributed by atoms with Gasteiger partial charge in [-0.05, 0) is 19.1 Å². The average Bonchev–Trinajstić information content (AvgIpc) is 2.54. The Hall–Kier alpha value is -2.53. The Balaban J connectivity index is 2.53. The van der Waals surface area contributed by atoms with Crippen LogP contribution in [-0.4, -0.2) is 45.0 Å². The van der Waals surface area contributed by atoms with Gasteiger partial charge in [0.05, 0.1) is 18.9 Å². The summed E-state index contributed by atoms with van der Waals surface area (Å²) in [5, 5.41) is 2.14. The molecular weight excluding hydrogens is 347 g/mol. The molecule has 8 nitrogen and oxygen atoms in total. The summed E-state index contributed by atoms with van der Waals surface area (Å²) in [5.74, 6) is -2.03. The number of benzene rings is 1. The zero-order chi connectivity index (χ0) is 18.8. The summed E-state index contributed by atoms with van der Waals surface area (Å²) in [6.07, 6.45) is -0.862. The molecule has 11 heteroatoms. The lowest BCUT2D eigenvalue weighted by molar-refractivity contribution is -0.133. The van der Waals surface area contributed by atoms with E-state index in [2.05, 4.69) is 15.5 Å². The van der Waals surface area contributed by atoms with Gasteiger partial charge in [-0.2, -0.15) is 8.78 Å². The molecule has 140 valence electrons. The first-order valence-corrected chi connectivity index (χ1v) is 7.05. The lowest BCUT2D eigenvalue weighted by Crippen LogP contribution is -2.48. The monoisotopic (exact) mass is 365 g/mol. The van der Waals surface area contributed by atoms with Crippen molar-refractivity contribution in [3.63, 3.8) is 0 Å². The van der Waals surface area contributed by atoms with Gasteiger partial charge in [0.2, 0.25) is 0 Å². The van der Waals surface area contributed by atoms with E-state index in [-0.39, 0.29) is 12.3 Å². The average molecular weight is 365 g/mol. The molecule has 0 aliphatic heterocycles. The molecule has 0 bridgehead atoms. The first-order chi connectivity index (χ1) is 11.8. The largest absolute Gasteiger partial charge is 0.432 e. The summed E-state index contributed by atoms with van der Waals surface area (Å²) in [4.78, 5) is 23.3. The Labute approximate surface area is 141 Å². The number of alkyl halides is 2. The van der Waals surface area contributed by atoms with Crippen LogP contribution in [0.25, 0.3) is 0 Å². The summed E-state index contributed by atoms with van der Waals surface area (Å²) in [7, 11) is 1.47. The molecule has 0 aliphatic carbocycles. The number of carbonyl (C=O) groups is 2. The summed E-state index contributed by atoms with van der Waals surface area (Å²) in [6, 6.07) is 1.71. The summed E-state index contributed by atoms with van der Waals surface area (Å²) in [5.41, 5.74) is 3.86. The van der Waals surface area contributed by atoms with Crippen molar-refractivity contribution in [3.05, 3.63) is 24.0 Å². The molecule has 0 aromatic heterocycles. The van der Waals surface area contributed by atoms with Crippen molar-refractivity contribution >= 4 is 17.6 Å². The molecule has 0 fully saturated rings. The highest BCUT2D eigenvalue weighted by molar-refractivity contribution is 5.92. The third kappa shape index (κ3) is 7.72. The number of hydrazine groups is 1. The minimum absolute atomic E-state index is 0.182. The van der Waals surface area contributed by atoms with E-state index < -0.39 is 36.2 Å². The molecule has 0 radical (unpaired) electrons. The number of ether oxygens (including phenoxy) is 3. The molecule has 25 heavy (non-hydrogen) atoms. The summed E-state index contributed by atoms with van der Waals surface area (Å²) >= 11 is 0. The van der Waals surface area contributed by atoms with Gasteiger partial charge in [-0.1, -0.05) is 0 Å². The normalized spacial score (nSPS) is 11.8. The van der Waals surface area contributed by atoms with Gasteiger partial charge in [0.15, 0.2) is 5.75 Å². The zero-order valence-corrected chi connectivity index (χ0v) is 13.5. The minimum atomic E-state index is -3.20. The van der Waals surface area contributed by atoms with Crippen molar-refractivity contribution in [3.8, 4) is 5.75 Å². The molecule has 0 saturated heterocycles. The maximum Gasteiger partial charge on any atom is 0.387 e. The molecule has 0 spiro atoms. The van der Waals surface area contributed by atoms with E-state index in [0.717, 1.165) is 12.1 Å². The number of rotatable bonds is 8. The Morgan fingerprint density at radius 1 is 1.20 bits per heavy atom. The van der Waals surface area contributed by atoms with Crippen LogP contribution in [0.2, 0.25) is 0 Å². The van der Waals surface area contributed by atoms with Gasteiger partial charge in [-0.3, -0.25) is 10.2 Å². The van der Waals surface area contributed by atoms with Crippen molar-refractivity contribution in [1.29, 1.82) is 0 Å². The van der Waals surface area contributed by atoms with Crippen LogP contribution in [0, 0.1) is 5.82 Å². The van der Waals surface area contributed by atoms with E-state index in [1.165, 1.54) is 14.0 Å². The van der Waals surface area contributed by atoms with Gasteiger partial charge in [-0.15, -0.1) is 0 Å². The molecular formula is C14H18F3N3O5. The number of methoxy groups -OCH3 is 1. The van der Waals surface area contributed by atoms with Gasteiger partial charge in [0.1, 0.15) is 11.9 Å². The van der Waals surface area contributed by atoms with Gasteiger partial charge in [-0.25, -0.2) is 14.6 Å². The predicted octanol–water partition coefficient (Wildman–Crippen LogP) is 1.63. The smallest absolute Gasteiger partial charge is 0.387 e. The Bertz CT molecular complexity index is 589. The van der Waals surface area contributed by atoms with Crippen molar-refractivity contribution in [2.24, 2.45) is 0 Å². The van der Waals surface area contributed by atoms with Crippen LogP contribution in [0.4, 0.5) is 23.7 Å². The van der Waals surface area contributed by atoms with Crippen LogP contribution in [0.3, 0.4) is 0 Å². The predicted molar refractivity (Wildman–Crippen MR) is 80.6 cm³/mol. The van der Waals surface area contributed by atoms with Crippen LogP contribution < -0.4 is 20.9 Å². The van der Waals surface area contributed by atoms with Gasteiger partial charge in [0, 0.05) is 13.2 Å². The number of carbonyl (C=O) groups excluding carboxylic acids is 2. The minimum Gasteiger partial charge on any atom is -0.432 e. The first-order valence-electron chi connectivity index (χ1n) is 7.05. The van der Waals surface area contributed by atoms with Crippen LogP contribution in [-0.2, 0) is 14.3 Å². The van der Waals surface area contributed by atoms with Crippen molar-refractivity contribution in [1.82, 2.24) is 10.9 Å². The van der Waals surface area contributed by atoms with Crippen LogP contribution in [0.1, 0.15) is 6.92 Å². The van der Waals surface area contributed by atoms with E-state index in [1.54, 1.807) is 0 Å². The lowest BCUT2D eigenvalue weighted by atomic mass is 10.3. The Morgan fingerprint density at radius 3 is 2.56 bits per heavy atom. The maximum absolute atomic E-state index is 13.1. The molecule has 1 aromatic rings. The SMILES string of the molecule is COCCO[C@H](C)C(=O)NNC(=O)Nc1ccc(F)cc1OC(F)F. The third-order valence-electron chi connectivity index (χ3n) is 2.73. The molecule has 3 amide bonds. The van der Waals surface area contributed by atoms with E-state index in [9.17, 15) is 22.8 Å². The summed E-state index contributed by atoms with van der Waals surface area (Å²) < 4.78 is 51.6. The molecule has 1 atom stereocenters. The fourth-order valence-corrected chi connectivity index (χ4v) is 1.55. The molecule has 0 heterocycles. The number of hydrogen-bond donors (Lipinski definition) is 3. The van der Waals surface area contributed by atoms with E-state index in [4.69, 9.17) is 9.47 Å². The number of urea groups is 1. The number of hydrogen-bond acceptors (Lipinski definition) is 5. The van der Waals surface area contributed by atoms with E-state index >= 15 is 0 Å². The van der Waals surface area contributed by atoms with Crippen molar-refractivity contribution < 1.29 is 37.0 Å². The van der Waals surface area contributed by atoms with Crippen LogP contribution in [0.15, 0.2) is 18.2 Å². The fraction of sp³-hybridized carbons (Fsp3) is 0.429. The van der Waals surface area contributed by atoms with E-state index in [0.29, 0.717) is 12.7 Å². The molecule has 1 rings (SSSR count). The third-order valence-corrected chi connectivity index (χ3v) is 2.73. The molecule has 1 aromatic carbocycles. The maximum atomic E-state index is 13.1. The van der Waals surface area contributed by atoms with Crippen LogP contribution >= 0.6 is 0 Å². The highest BCUT2D eigenvalue weighted by atomic mass is 19.3. The number of amides is 3. The van der Waals surface area contributed by atoms with Gasteiger partial charge < -0.3 is 19.5 Å². The quantitative estimate of drug-likeness (QED) is 0.481. The number of nitrogens with one attached hydrogen (secondary N) is 3. The van der Waals surface area contributed by atoms with Gasteiger partial charge in [0.25, 0.3) is 5.91 Å². The fourth-order valence-electron chi connectivity index (χ4n) is 1.55. The Morgan fingerprint density at radius 2 is 1.92 bits per heavy atom. The number of halogens is 3. The highest BCUT2D eigenvalue weighted by Crippen LogP contribution is 2.26. The van der Waals surface area contributed by atoms with Crippen LogP contribution in [0.5, 0.6) is 5.75 Å². The Kier molecular flexibility index (Phi) is 8.50. The first kappa shape index (κ1) is 20.5. The van der Waals surface area contributed by atoms with E-state index in [1.807, 2.05) is 5.43 Å². The molecule has 0 saturated carbocycles. The highest BCUT2D eigenvalue weighted by Gasteiger charge is 2.16. The van der Waals surface area contributed by atoms with Gasteiger partial charge >= 0.3 is 12.6 Å². The van der Waals surface area contributed by atoms with Crippen molar-refractivity contribution in [2.75, 3.05) is 25.6 Å². The number of anilines is 1. The second-order valence-corrected chi connectivity index (χ2v) is 4.59. The lowest BCUT2D eigenvalue weighted by Gasteiger charge is -2.15.